The van der Waals surface area contributed by atoms with Crippen molar-refractivity contribution in [3.8, 4) is 0 Å². The summed E-state index contributed by atoms with van der Waals surface area (Å²) < 4.78 is 1.98. The van der Waals surface area contributed by atoms with Gasteiger partial charge in [0.15, 0.2) is 5.82 Å². The highest BCUT2D eigenvalue weighted by atomic mass is 16.2. The molecule has 1 saturated heterocycles. The predicted octanol–water partition coefficient (Wildman–Crippen LogP) is 0.178. The lowest BCUT2D eigenvalue weighted by molar-refractivity contribution is 0.0705. The zero-order valence-electron chi connectivity index (χ0n) is 10.0. The zero-order chi connectivity index (χ0) is 11.8. The van der Waals surface area contributed by atoms with Crippen molar-refractivity contribution >= 4 is 5.91 Å². The summed E-state index contributed by atoms with van der Waals surface area (Å²) in [6.07, 6.45) is 2.26. The lowest BCUT2D eigenvalue weighted by atomic mass is 10.2. The van der Waals surface area contributed by atoms with Crippen LogP contribution in [0.15, 0.2) is 0 Å². The number of likely N-dealkylation sites (N-methyl/N-ethyl adjacent to an activating group) is 1. The number of hydrogen-bond acceptors (Lipinski definition) is 4. The molecule has 1 amide bonds. The fourth-order valence-electron chi connectivity index (χ4n) is 2.62. The number of carbonyl (C=O) groups is 1. The molecule has 2 aliphatic heterocycles. The summed E-state index contributed by atoms with van der Waals surface area (Å²) in [4.78, 5) is 13.9. The van der Waals surface area contributed by atoms with Crippen molar-refractivity contribution in [2.24, 2.45) is 0 Å². The molecule has 3 rings (SSSR count). The van der Waals surface area contributed by atoms with E-state index in [2.05, 4.69) is 15.5 Å². The molecule has 6 heteroatoms. The van der Waals surface area contributed by atoms with Crippen LogP contribution in [-0.4, -0.2) is 45.2 Å². The Balaban J connectivity index is 1.93. The molecule has 0 bridgehead atoms. The molecule has 1 N–H and O–H groups in total. The summed E-state index contributed by atoms with van der Waals surface area (Å²) in [6.45, 7) is 5.34. The third-order valence-electron chi connectivity index (χ3n) is 3.61. The quantitative estimate of drug-likeness (QED) is 0.794. The van der Waals surface area contributed by atoms with Gasteiger partial charge in [-0.15, -0.1) is 10.2 Å². The Bertz CT molecular complexity index is 435. The Hall–Kier alpha value is -1.43. The molecule has 1 aromatic rings. The second kappa shape index (κ2) is 4.10. The van der Waals surface area contributed by atoms with Crippen LogP contribution in [0.4, 0.5) is 0 Å². The molecular weight excluding hydrogens is 218 g/mol. The van der Waals surface area contributed by atoms with Crippen LogP contribution < -0.4 is 5.32 Å². The van der Waals surface area contributed by atoms with Gasteiger partial charge in [-0.3, -0.25) is 4.79 Å². The molecule has 0 spiro atoms. The van der Waals surface area contributed by atoms with E-state index in [0.717, 1.165) is 38.4 Å². The number of fused-ring (bicyclic) bond motifs is 1. The highest BCUT2D eigenvalue weighted by Gasteiger charge is 2.31. The molecule has 6 nitrogen and oxygen atoms in total. The predicted molar refractivity (Wildman–Crippen MR) is 61.6 cm³/mol. The van der Waals surface area contributed by atoms with Gasteiger partial charge in [-0.2, -0.15) is 0 Å². The maximum Gasteiger partial charge on any atom is 0.291 e. The molecule has 17 heavy (non-hydrogen) atoms. The van der Waals surface area contributed by atoms with E-state index >= 15 is 0 Å². The third kappa shape index (κ3) is 1.63. The van der Waals surface area contributed by atoms with E-state index in [0.29, 0.717) is 5.82 Å². The number of aromatic nitrogens is 3. The first-order chi connectivity index (χ1) is 8.31. The van der Waals surface area contributed by atoms with Crippen LogP contribution in [0.5, 0.6) is 0 Å². The number of nitrogens with zero attached hydrogens (tertiary/aromatic N) is 4. The highest BCUT2D eigenvalue weighted by Crippen LogP contribution is 2.23. The van der Waals surface area contributed by atoms with Gasteiger partial charge in [0.1, 0.15) is 0 Å². The van der Waals surface area contributed by atoms with Crippen molar-refractivity contribution < 1.29 is 4.79 Å². The Kier molecular flexibility index (Phi) is 2.58. The minimum Gasteiger partial charge on any atom is -0.334 e. The van der Waals surface area contributed by atoms with Crippen LogP contribution in [0.25, 0.3) is 0 Å². The van der Waals surface area contributed by atoms with Gasteiger partial charge in [0.25, 0.3) is 5.91 Å². The number of carbonyl (C=O) groups excluding carboxylic acids is 1. The summed E-state index contributed by atoms with van der Waals surface area (Å²) in [5, 5.41) is 11.7. The fourth-order valence-corrected chi connectivity index (χ4v) is 2.62. The average Bonchev–Trinajstić information content (AvgIpc) is 2.97. The number of rotatable bonds is 2. The average molecular weight is 235 g/mol. The van der Waals surface area contributed by atoms with Gasteiger partial charge in [-0.25, -0.2) is 0 Å². The minimum absolute atomic E-state index is 0.00972. The van der Waals surface area contributed by atoms with Crippen LogP contribution in [-0.2, 0) is 6.54 Å². The van der Waals surface area contributed by atoms with E-state index in [1.807, 2.05) is 16.4 Å². The van der Waals surface area contributed by atoms with E-state index in [-0.39, 0.29) is 11.9 Å². The van der Waals surface area contributed by atoms with Crippen molar-refractivity contribution in [1.82, 2.24) is 25.0 Å². The molecule has 0 radical (unpaired) electrons. The van der Waals surface area contributed by atoms with E-state index in [9.17, 15) is 4.79 Å². The SMILES string of the molecule is CCN1CCn2c(nnc2[C@@H]2CCCN2)C1=O. The lowest BCUT2D eigenvalue weighted by Gasteiger charge is -2.26. The monoisotopic (exact) mass is 235 g/mol. The van der Waals surface area contributed by atoms with Gasteiger partial charge >= 0.3 is 0 Å². The van der Waals surface area contributed by atoms with Crippen LogP contribution >= 0.6 is 0 Å². The summed E-state index contributed by atoms with van der Waals surface area (Å²) in [6, 6.07) is 0.275. The molecule has 0 aromatic carbocycles. The third-order valence-corrected chi connectivity index (χ3v) is 3.61. The van der Waals surface area contributed by atoms with Crippen molar-refractivity contribution in [3.63, 3.8) is 0 Å². The van der Waals surface area contributed by atoms with Crippen molar-refractivity contribution in [2.75, 3.05) is 19.6 Å². The van der Waals surface area contributed by atoms with Crippen LogP contribution in [0.3, 0.4) is 0 Å². The first-order valence-corrected chi connectivity index (χ1v) is 6.27. The number of hydrogen-bond donors (Lipinski definition) is 1. The highest BCUT2D eigenvalue weighted by molar-refractivity contribution is 5.91. The van der Waals surface area contributed by atoms with Crippen LogP contribution in [0, 0.1) is 0 Å². The van der Waals surface area contributed by atoms with Crippen molar-refractivity contribution in [1.29, 1.82) is 0 Å². The van der Waals surface area contributed by atoms with Gasteiger partial charge in [0.05, 0.1) is 6.04 Å². The molecule has 3 heterocycles. The summed E-state index contributed by atoms with van der Waals surface area (Å²) >= 11 is 0. The Labute approximate surface area is 100 Å². The molecule has 2 aliphatic rings. The van der Waals surface area contributed by atoms with E-state index in [1.54, 1.807) is 0 Å². The Morgan fingerprint density at radius 3 is 3.00 bits per heavy atom. The molecule has 0 unspecified atom stereocenters. The first-order valence-electron chi connectivity index (χ1n) is 6.27. The normalized spacial score (nSPS) is 24.2. The second-order valence-electron chi connectivity index (χ2n) is 4.57. The molecule has 1 fully saturated rings. The minimum atomic E-state index is 0.00972. The van der Waals surface area contributed by atoms with Crippen LogP contribution in [0.2, 0.25) is 0 Å². The standard InChI is InChI=1S/C11H17N5O/c1-2-15-6-7-16-9(8-4-3-5-12-8)13-14-10(16)11(15)17/h8,12H,2-7H2,1H3/t8-/m0/s1. The van der Waals surface area contributed by atoms with Crippen LogP contribution in [0.1, 0.15) is 42.3 Å². The summed E-state index contributed by atoms with van der Waals surface area (Å²) in [5.41, 5.74) is 0. The molecule has 0 saturated carbocycles. The van der Waals surface area contributed by atoms with E-state index in [4.69, 9.17) is 0 Å². The van der Waals surface area contributed by atoms with E-state index < -0.39 is 0 Å². The van der Waals surface area contributed by atoms with E-state index in [1.165, 1.54) is 6.42 Å². The van der Waals surface area contributed by atoms with Gasteiger partial charge in [0, 0.05) is 19.6 Å². The number of amides is 1. The van der Waals surface area contributed by atoms with Crippen molar-refractivity contribution in [2.45, 2.75) is 32.4 Å². The molecule has 92 valence electrons. The maximum absolute atomic E-state index is 12.1. The Morgan fingerprint density at radius 1 is 1.41 bits per heavy atom. The summed E-state index contributed by atoms with van der Waals surface area (Å²) in [7, 11) is 0. The smallest absolute Gasteiger partial charge is 0.291 e. The zero-order valence-corrected chi connectivity index (χ0v) is 10.0. The van der Waals surface area contributed by atoms with Gasteiger partial charge < -0.3 is 14.8 Å². The van der Waals surface area contributed by atoms with Gasteiger partial charge in [-0.1, -0.05) is 0 Å². The largest absolute Gasteiger partial charge is 0.334 e. The van der Waals surface area contributed by atoms with Gasteiger partial charge in [0.2, 0.25) is 5.82 Å². The molecule has 1 aromatic heterocycles. The fraction of sp³-hybridized carbons (Fsp3) is 0.727. The van der Waals surface area contributed by atoms with Gasteiger partial charge in [-0.05, 0) is 26.3 Å². The lowest BCUT2D eigenvalue weighted by Crippen LogP contribution is -2.41. The Morgan fingerprint density at radius 2 is 2.29 bits per heavy atom. The summed E-state index contributed by atoms with van der Waals surface area (Å²) in [5.74, 6) is 1.44. The molecule has 1 atom stereocenters. The first kappa shape index (κ1) is 10.7. The maximum atomic E-state index is 12.1. The molecular formula is C11H17N5O. The number of nitrogens with one attached hydrogen (secondary N) is 1. The van der Waals surface area contributed by atoms with Crippen molar-refractivity contribution in [3.05, 3.63) is 11.6 Å². The molecule has 0 aliphatic carbocycles. The second-order valence-corrected chi connectivity index (χ2v) is 4.57. The topological polar surface area (TPSA) is 63.1 Å².